The third kappa shape index (κ3) is 17.7. The number of rotatable bonds is 22. The molecule has 38 nitrogen and oxygen atoms in total. The van der Waals surface area contributed by atoms with Crippen molar-refractivity contribution in [3.05, 3.63) is 261 Å². The Balaban J connectivity index is 0.000000112. The summed E-state index contributed by atoms with van der Waals surface area (Å²) in [5, 5.41) is 23.4. The Hall–Kier alpha value is -16.7. The van der Waals surface area contributed by atoms with Crippen molar-refractivity contribution in [1.29, 1.82) is 0 Å². The van der Waals surface area contributed by atoms with Crippen LogP contribution in [0.5, 0.6) is 17.2 Å². The van der Waals surface area contributed by atoms with Crippen LogP contribution in [0.1, 0.15) is 169 Å². The minimum Gasteiger partial charge on any atom is -0.497 e. The molecule has 39 heteroatoms. The highest BCUT2D eigenvalue weighted by atomic mass is 19.1. The number of hydrogen-bond acceptors (Lipinski definition) is 29. The monoisotopic (exact) mass is 1990 g/mol. The number of aromatic amines is 1. The Morgan fingerprint density at radius 3 is 1.37 bits per heavy atom. The Kier molecular flexibility index (Phi) is 24.9. The predicted molar refractivity (Wildman–Crippen MR) is 528 cm³/mol. The minimum atomic E-state index is -1.39. The number of piperidine rings is 1. The summed E-state index contributed by atoms with van der Waals surface area (Å²) in [7, 11) is 4.65. The highest BCUT2D eigenvalue weighted by Gasteiger charge is 2.58. The number of H-pyrrole nitrogens is 1. The summed E-state index contributed by atoms with van der Waals surface area (Å²) >= 11 is 0. The van der Waals surface area contributed by atoms with Crippen molar-refractivity contribution in [1.82, 2.24) is 86.6 Å². The van der Waals surface area contributed by atoms with Crippen LogP contribution in [-0.4, -0.2) is 218 Å². The van der Waals surface area contributed by atoms with E-state index < -0.39 is 74.7 Å². The number of nitrogens with one attached hydrogen (secondary N) is 7. The molecule has 0 spiro atoms. The molecule has 20 heterocycles. The number of methoxy groups -OCH3 is 3. The zero-order chi connectivity index (χ0) is 101. The summed E-state index contributed by atoms with van der Waals surface area (Å²) in [6.45, 7) is 8.31. The number of ether oxygens (including phenoxy) is 3. The van der Waals surface area contributed by atoms with Gasteiger partial charge in [0.2, 0.25) is 47.3 Å². The predicted octanol–water partition coefficient (Wildman–Crippen LogP) is 10.8. The Morgan fingerprint density at radius 2 is 0.891 bits per heavy atom. The molecule has 4 aromatic carbocycles. The smallest absolute Gasteiger partial charge is 0.257 e. The SMILES string of the molecule is COc1ccc2c(c1)C(=O)N(C[C@@]1(c3cc4nc(-c5ccnc(N6CCNCC6)c5)ccc4o3)CC(=O)NC1=O)C2.COc1ccc2c(c1)C(=O)N(C[C@@]1(c3cc4nc(CC5CCNCC5)ccc4o3)CC(=O)NC1=O)C2.COc1ccc2c(c1)C(=O)N(C[C@@]1(c3cc4nc(N(c5cn[nH]c5)C5CCCCC5)ccc4o3)CC(=O)NC1=O)C2.Cc1ccc2c(c1F)C(=O)N(C[C@@]1(c3cc4ncccc4o3)CC(=O)NC1=O)C2. The number of aromatic nitrogens is 7. The van der Waals surface area contributed by atoms with Crippen LogP contribution in [0.15, 0.2) is 194 Å². The molecule has 14 aromatic rings. The maximum absolute atomic E-state index is 14.5. The third-order valence-electron chi connectivity index (χ3n) is 30.0. The van der Waals surface area contributed by atoms with Crippen LogP contribution in [0.4, 0.5) is 21.7 Å². The van der Waals surface area contributed by atoms with E-state index in [1.165, 1.54) is 11.3 Å². The number of carbonyl (C=O) groups excluding carboxylic acids is 12. The van der Waals surface area contributed by atoms with E-state index in [1.54, 1.807) is 140 Å². The first-order valence-electron chi connectivity index (χ1n) is 49.0. The molecule has 11 aliphatic rings. The number of piperazine rings is 1. The first kappa shape index (κ1) is 95.2. The number of pyridine rings is 5. The number of imide groups is 4. The number of carbonyl (C=O) groups is 12. The van der Waals surface area contributed by atoms with Crippen molar-refractivity contribution < 1.29 is 93.8 Å². The topological polar surface area (TPSA) is 470 Å². The fourth-order valence-electron chi connectivity index (χ4n) is 22.2. The van der Waals surface area contributed by atoms with Crippen molar-refractivity contribution in [2.24, 2.45) is 5.92 Å². The summed E-state index contributed by atoms with van der Waals surface area (Å²) < 4.78 is 54.8. The standard InChI is InChI=1S/C30H28N6O5.C30H30N6O5.C27H28N4O5.C21H16FN3O4/c1-40-20-3-2-19-16-36(28(38)21(19)13-20)17-30(15-27(37)34-29(30)39)25-14-23-24(41-25)5-4-22(33-23)18-6-7-32-26(12-18)35-10-8-31-9-11-35;1-40-21-8-7-18-16-35(28(38)22(18)11-21)17-30(13-27(37)34-29(30)39)25-12-23-24(41-25)9-10-26(33-23)36(20-14-31-32-15-20)19-5-3-2-4-6-19;1-35-19-4-2-17-14-31(25(33)20(17)11-19)15-27(13-24(32)30-26(27)34)23-12-21-22(36-23)5-3-18(29-21)10-16-6-8-28-9-7-16;1-11-4-5-12-9-25(19(27)17(12)18(11)22)10-21(8-16(26)24-20(21)28)15-7-13-14(29-15)3-2-6-23-13/h2-7,12-14,31H,8-11,15-17H2,1H3,(H,34,37,39);7-12,14-15,19H,2-6,13,16-17H2,1H3,(H,31,32)(H,34,37,39);2-5,11-12,16,28H,6-10,13-15H2,1H3,(H,30,32,34);2-7H,8-10H2,1H3,(H,24,26,28)/t2*30-;27-;21-/m1111/s1. The van der Waals surface area contributed by atoms with Crippen molar-refractivity contribution in [2.75, 3.05) is 96.6 Å². The summed E-state index contributed by atoms with van der Waals surface area (Å²) in [6, 6.07) is 45.2. The van der Waals surface area contributed by atoms with Crippen molar-refractivity contribution in [2.45, 2.75) is 138 Å². The second kappa shape index (κ2) is 38.4. The molecule has 12 amide bonds. The Morgan fingerprint density at radius 1 is 0.442 bits per heavy atom. The zero-order valence-corrected chi connectivity index (χ0v) is 80.8. The molecule has 147 heavy (non-hydrogen) atoms. The number of furan rings is 4. The number of aryl methyl sites for hydroxylation is 1. The lowest BCUT2D eigenvalue weighted by molar-refractivity contribution is -0.128. The average Bonchev–Trinajstić information content (AvgIpc) is 1.60. The molecule has 0 radical (unpaired) electrons. The van der Waals surface area contributed by atoms with Crippen molar-refractivity contribution >= 4 is 133 Å². The van der Waals surface area contributed by atoms with Gasteiger partial charge in [0.15, 0.2) is 22.3 Å². The third-order valence-corrected chi connectivity index (χ3v) is 30.0. The van der Waals surface area contributed by atoms with E-state index >= 15 is 0 Å². The van der Waals surface area contributed by atoms with Crippen LogP contribution in [-0.2, 0) is 92.6 Å². The van der Waals surface area contributed by atoms with Gasteiger partial charge in [-0.15, -0.1) is 0 Å². The average molecular weight is 1990 g/mol. The van der Waals surface area contributed by atoms with Crippen LogP contribution in [0.3, 0.4) is 0 Å². The maximum Gasteiger partial charge on any atom is 0.257 e. The molecule has 25 rings (SSSR count). The number of amides is 12. The lowest BCUT2D eigenvalue weighted by Gasteiger charge is -2.34. The quantitative estimate of drug-likeness (QED) is 0.0310. The number of fused-ring (bicyclic) bond motifs is 8. The van der Waals surface area contributed by atoms with E-state index in [2.05, 4.69) is 61.9 Å². The van der Waals surface area contributed by atoms with Gasteiger partial charge in [0.1, 0.15) is 101 Å². The highest BCUT2D eigenvalue weighted by molar-refractivity contribution is 6.13. The van der Waals surface area contributed by atoms with Gasteiger partial charge in [-0.25, -0.2) is 24.3 Å². The Labute approximate surface area is 838 Å². The van der Waals surface area contributed by atoms with E-state index in [9.17, 15) is 61.9 Å². The van der Waals surface area contributed by atoms with Crippen LogP contribution < -0.4 is 55.9 Å². The molecule has 0 bridgehead atoms. The minimum absolute atomic E-state index is 0.00367. The second-order valence-electron chi connectivity index (χ2n) is 39.3. The van der Waals surface area contributed by atoms with Crippen LogP contribution >= 0.6 is 0 Å². The molecule has 1 aliphatic carbocycles. The summed E-state index contributed by atoms with van der Waals surface area (Å²) in [5.41, 5.74) is 7.62. The molecule has 4 atom stereocenters. The molecular formula is C108H102FN19O19. The van der Waals surface area contributed by atoms with Gasteiger partial charge >= 0.3 is 0 Å². The van der Waals surface area contributed by atoms with Crippen LogP contribution in [0, 0.1) is 18.7 Å². The number of benzene rings is 4. The number of hydrogen-bond donors (Lipinski definition) is 7. The largest absolute Gasteiger partial charge is 0.497 e. The highest BCUT2D eigenvalue weighted by Crippen LogP contribution is 2.47. The van der Waals surface area contributed by atoms with E-state index in [0.717, 1.165) is 135 Å². The van der Waals surface area contributed by atoms with Gasteiger partial charge < -0.3 is 71.9 Å². The first-order chi connectivity index (χ1) is 71.2. The van der Waals surface area contributed by atoms with Gasteiger partial charge in [-0.05, 0) is 183 Å². The van der Waals surface area contributed by atoms with Crippen molar-refractivity contribution in [3.63, 3.8) is 0 Å². The van der Waals surface area contributed by atoms with Gasteiger partial charge in [-0.2, -0.15) is 5.10 Å². The molecule has 10 aromatic heterocycles. The number of anilines is 3. The van der Waals surface area contributed by atoms with E-state index in [-0.39, 0.29) is 93.4 Å². The van der Waals surface area contributed by atoms with E-state index in [4.69, 9.17) is 46.8 Å². The lowest BCUT2D eigenvalue weighted by atomic mass is 9.82. The van der Waals surface area contributed by atoms with Gasteiger partial charge in [-0.1, -0.05) is 49.6 Å². The summed E-state index contributed by atoms with van der Waals surface area (Å²) in [5.74, 6) is -0.0640. The molecule has 1 saturated carbocycles. The van der Waals surface area contributed by atoms with Crippen LogP contribution in [0.2, 0.25) is 0 Å². The lowest BCUT2D eigenvalue weighted by Crippen LogP contribution is -2.46. The summed E-state index contributed by atoms with van der Waals surface area (Å²) in [6.07, 6.45) is 15.4. The zero-order valence-electron chi connectivity index (χ0n) is 80.8. The normalized spacial score (nSPS) is 21.2. The van der Waals surface area contributed by atoms with Gasteiger partial charge in [0.05, 0.1) is 70.2 Å². The molecular weight excluding hydrogens is 1890 g/mol. The molecule has 7 N–H and O–H groups in total. The van der Waals surface area contributed by atoms with Gasteiger partial charge in [0.25, 0.3) is 23.6 Å². The molecule has 10 aliphatic heterocycles. The fraction of sp³-hybridized carbons (Fsp3) is 0.333. The fourth-order valence-corrected chi connectivity index (χ4v) is 22.2. The Bertz CT molecular complexity index is 7710. The molecule has 0 unspecified atom stereocenters. The second-order valence-corrected chi connectivity index (χ2v) is 39.3. The van der Waals surface area contributed by atoms with Gasteiger partial charge in [-0.3, -0.25) is 88.9 Å². The maximum atomic E-state index is 14.5. The van der Waals surface area contributed by atoms with E-state index in [1.807, 2.05) is 79.0 Å². The number of halogens is 1. The summed E-state index contributed by atoms with van der Waals surface area (Å²) in [4.78, 5) is 189. The van der Waals surface area contributed by atoms with Crippen LogP contribution in [0.25, 0.3) is 55.7 Å². The molecule has 7 fully saturated rings. The van der Waals surface area contributed by atoms with Crippen molar-refractivity contribution in [3.8, 4) is 28.5 Å². The van der Waals surface area contributed by atoms with E-state index in [0.29, 0.717) is 138 Å². The van der Waals surface area contributed by atoms with Gasteiger partial charge in [0, 0.05) is 155 Å². The first-order valence-corrected chi connectivity index (χ1v) is 49.0. The number of nitrogens with zero attached hydrogens (tertiary/aromatic N) is 12. The molecule has 750 valence electrons. The molecule has 6 saturated heterocycles.